The first-order valence-electron chi connectivity index (χ1n) is 8.51. The van der Waals surface area contributed by atoms with Crippen LogP contribution in [0.3, 0.4) is 0 Å². The molecule has 140 valence electrons. The number of rotatable bonds is 4. The van der Waals surface area contributed by atoms with Crippen molar-refractivity contribution in [3.63, 3.8) is 0 Å². The molecule has 3 rings (SSSR count). The highest BCUT2D eigenvalue weighted by atomic mass is 35.5. The summed E-state index contributed by atoms with van der Waals surface area (Å²) in [5.41, 5.74) is 2.84. The zero-order valence-corrected chi connectivity index (χ0v) is 16.5. The number of halogens is 1. The Hall–Kier alpha value is -2.79. The maximum atomic E-state index is 13.2. The van der Waals surface area contributed by atoms with Crippen LogP contribution in [0.5, 0.6) is 5.75 Å². The monoisotopic (exact) mass is 384 g/mol. The molecule has 6 heteroatoms. The fourth-order valence-electron chi connectivity index (χ4n) is 3.11. The van der Waals surface area contributed by atoms with E-state index in [-0.39, 0.29) is 18.2 Å². The van der Waals surface area contributed by atoms with Gasteiger partial charge in [0.15, 0.2) is 0 Å². The second kappa shape index (κ2) is 7.45. The number of hydrogen-bond donors (Lipinski definition) is 0. The van der Waals surface area contributed by atoms with Crippen LogP contribution in [-0.2, 0) is 11.2 Å². The molecule has 1 heterocycles. The van der Waals surface area contributed by atoms with E-state index in [1.807, 2.05) is 25.1 Å². The molecule has 1 amide bonds. The SMILES string of the molecule is COc1ccc2c(c1)c(CC(=O)N(C)C)c(C)n2C(=O)c1ccc(Cl)cc1. The van der Waals surface area contributed by atoms with Crippen LogP contribution in [0.15, 0.2) is 42.5 Å². The molecule has 0 bridgehead atoms. The van der Waals surface area contributed by atoms with Gasteiger partial charge in [-0.25, -0.2) is 0 Å². The first-order chi connectivity index (χ1) is 12.8. The molecule has 0 radical (unpaired) electrons. The van der Waals surface area contributed by atoms with Crippen molar-refractivity contribution in [2.45, 2.75) is 13.3 Å². The van der Waals surface area contributed by atoms with Gasteiger partial charge in [0.25, 0.3) is 5.91 Å². The maximum absolute atomic E-state index is 13.2. The number of amides is 1. The molecular weight excluding hydrogens is 364 g/mol. The Morgan fingerprint density at radius 1 is 1.11 bits per heavy atom. The van der Waals surface area contributed by atoms with Crippen LogP contribution in [0.1, 0.15) is 21.6 Å². The molecule has 2 aromatic carbocycles. The summed E-state index contributed by atoms with van der Waals surface area (Å²) in [4.78, 5) is 27.1. The van der Waals surface area contributed by atoms with E-state index in [0.717, 1.165) is 22.2 Å². The summed E-state index contributed by atoms with van der Waals surface area (Å²) in [6.07, 6.45) is 0.212. The topological polar surface area (TPSA) is 51.5 Å². The van der Waals surface area contributed by atoms with Crippen LogP contribution in [0, 0.1) is 6.92 Å². The number of aromatic nitrogens is 1. The quantitative estimate of drug-likeness (QED) is 0.684. The summed E-state index contributed by atoms with van der Waals surface area (Å²) < 4.78 is 6.98. The summed E-state index contributed by atoms with van der Waals surface area (Å²) in [5.74, 6) is 0.485. The summed E-state index contributed by atoms with van der Waals surface area (Å²) in [7, 11) is 5.03. The highest BCUT2D eigenvalue weighted by Crippen LogP contribution is 2.31. The van der Waals surface area contributed by atoms with Crippen LogP contribution in [0.4, 0.5) is 0 Å². The first kappa shape index (κ1) is 19.0. The van der Waals surface area contributed by atoms with Crippen molar-refractivity contribution in [2.75, 3.05) is 21.2 Å². The van der Waals surface area contributed by atoms with Crippen molar-refractivity contribution < 1.29 is 14.3 Å². The Kier molecular flexibility index (Phi) is 5.24. The van der Waals surface area contributed by atoms with Gasteiger partial charge < -0.3 is 9.64 Å². The van der Waals surface area contributed by atoms with Gasteiger partial charge in [-0.2, -0.15) is 0 Å². The van der Waals surface area contributed by atoms with Gasteiger partial charge in [-0.05, 0) is 55.0 Å². The van der Waals surface area contributed by atoms with Crippen LogP contribution >= 0.6 is 11.6 Å². The second-order valence-corrected chi connectivity index (χ2v) is 7.00. The van der Waals surface area contributed by atoms with Gasteiger partial charge in [-0.1, -0.05) is 11.6 Å². The first-order valence-corrected chi connectivity index (χ1v) is 8.89. The lowest BCUT2D eigenvalue weighted by Gasteiger charge is -2.11. The molecule has 0 saturated carbocycles. The zero-order valence-electron chi connectivity index (χ0n) is 15.7. The van der Waals surface area contributed by atoms with Gasteiger partial charge in [0.2, 0.25) is 5.91 Å². The lowest BCUT2D eigenvalue weighted by Crippen LogP contribution is -2.24. The summed E-state index contributed by atoms with van der Waals surface area (Å²) in [6, 6.07) is 12.3. The number of likely N-dealkylation sites (N-methyl/N-ethyl adjacent to an activating group) is 1. The lowest BCUT2D eigenvalue weighted by atomic mass is 10.1. The Labute approximate surface area is 163 Å². The number of ether oxygens (including phenoxy) is 1. The van der Waals surface area contributed by atoms with E-state index in [2.05, 4.69) is 0 Å². The number of benzene rings is 2. The van der Waals surface area contributed by atoms with E-state index in [0.29, 0.717) is 16.3 Å². The van der Waals surface area contributed by atoms with E-state index < -0.39 is 0 Å². The smallest absolute Gasteiger partial charge is 0.262 e. The Bertz CT molecular complexity index is 1020. The predicted molar refractivity (Wildman–Crippen MR) is 107 cm³/mol. The van der Waals surface area contributed by atoms with E-state index in [1.54, 1.807) is 54.9 Å². The van der Waals surface area contributed by atoms with E-state index in [9.17, 15) is 9.59 Å². The third kappa shape index (κ3) is 3.55. The Morgan fingerprint density at radius 3 is 2.37 bits per heavy atom. The fraction of sp³-hybridized carbons (Fsp3) is 0.238. The average molecular weight is 385 g/mol. The number of fused-ring (bicyclic) bond motifs is 1. The number of methoxy groups -OCH3 is 1. The highest BCUT2D eigenvalue weighted by Gasteiger charge is 2.22. The Balaban J connectivity index is 2.20. The van der Waals surface area contributed by atoms with Crippen molar-refractivity contribution in [2.24, 2.45) is 0 Å². The molecule has 1 aromatic heterocycles. The molecular formula is C21H21ClN2O3. The van der Waals surface area contributed by atoms with Gasteiger partial charge in [0.1, 0.15) is 5.75 Å². The normalized spacial score (nSPS) is 10.9. The molecule has 0 spiro atoms. The summed E-state index contributed by atoms with van der Waals surface area (Å²) in [6.45, 7) is 1.86. The van der Waals surface area contributed by atoms with Gasteiger partial charge in [-0.15, -0.1) is 0 Å². The number of carbonyl (C=O) groups excluding carboxylic acids is 2. The number of carbonyl (C=O) groups is 2. The van der Waals surface area contributed by atoms with Gasteiger partial charge >= 0.3 is 0 Å². The van der Waals surface area contributed by atoms with Crippen LogP contribution in [0.25, 0.3) is 10.9 Å². The minimum atomic E-state index is -0.164. The molecule has 0 fully saturated rings. The zero-order chi connectivity index (χ0) is 19.7. The minimum Gasteiger partial charge on any atom is -0.497 e. The molecule has 0 unspecified atom stereocenters. The maximum Gasteiger partial charge on any atom is 0.262 e. The lowest BCUT2D eigenvalue weighted by molar-refractivity contribution is -0.127. The third-order valence-electron chi connectivity index (χ3n) is 4.66. The molecule has 5 nitrogen and oxygen atoms in total. The van der Waals surface area contributed by atoms with Gasteiger partial charge in [0.05, 0.1) is 19.0 Å². The van der Waals surface area contributed by atoms with Crippen LogP contribution in [-0.4, -0.2) is 42.5 Å². The molecule has 3 aromatic rings. The van der Waals surface area contributed by atoms with Gasteiger partial charge in [-0.3, -0.25) is 14.2 Å². The van der Waals surface area contributed by atoms with Crippen molar-refractivity contribution in [1.82, 2.24) is 9.47 Å². The molecule has 0 saturated heterocycles. The predicted octanol–water partition coefficient (Wildman–Crippen LogP) is 3.93. The van der Waals surface area contributed by atoms with Crippen molar-refractivity contribution in [1.29, 1.82) is 0 Å². The fourth-order valence-corrected chi connectivity index (χ4v) is 3.23. The van der Waals surface area contributed by atoms with Crippen LogP contribution < -0.4 is 4.74 Å². The second-order valence-electron chi connectivity index (χ2n) is 6.56. The van der Waals surface area contributed by atoms with E-state index >= 15 is 0 Å². The molecule has 0 aliphatic rings. The largest absolute Gasteiger partial charge is 0.497 e. The van der Waals surface area contributed by atoms with Crippen molar-refractivity contribution in [3.05, 3.63) is 64.3 Å². The molecule has 0 atom stereocenters. The molecule has 0 aliphatic heterocycles. The van der Waals surface area contributed by atoms with E-state index in [4.69, 9.17) is 16.3 Å². The van der Waals surface area contributed by atoms with Crippen molar-refractivity contribution in [3.8, 4) is 5.75 Å². The number of hydrogen-bond acceptors (Lipinski definition) is 3. The average Bonchev–Trinajstić information content (AvgIpc) is 2.92. The van der Waals surface area contributed by atoms with Crippen LogP contribution in [0.2, 0.25) is 5.02 Å². The molecule has 0 aliphatic carbocycles. The van der Waals surface area contributed by atoms with Gasteiger partial charge in [0, 0.05) is 35.8 Å². The summed E-state index contributed by atoms with van der Waals surface area (Å²) in [5, 5.41) is 1.41. The standard InChI is InChI=1S/C21H21ClN2O3/c1-13-17(12-20(25)23(2)3)18-11-16(27-4)9-10-19(18)24(13)21(26)14-5-7-15(22)8-6-14/h5-11H,12H2,1-4H3. The molecule has 0 N–H and O–H groups in total. The molecule has 27 heavy (non-hydrogen) atoms. The number of nitrogens with zero attached hydrogens (tertiary/aromatic N) is 2. The van der Waals surface area contributed by atoms with Crippen molar-refractivity contribution >= 4 is 34.3 Å². The Morgan fingerprint density at radius 2 is 1.78 bits per heavy atom. The summed E-state index contributed by atoms with van der Waals surface area (Å²) >= 11 is 5.94. The highest BCUT2D eigenvalue weighted by molar-refractivity contribution is 6.30. The third-order valence-corrected chi connectivity index (χ3v) is 4.91. The van der Waals surface area contributed by atoms with E-state index in [1.165, 1.54) is 0 Å². The minimum absolute atomic E-state index is 0.0288.